The smallest absolute Gasteiger partial charge is 0.238 e. The maximum Gasteiger partial charge on any atom is 0.238 e. The van der Waals surface area contributed by atoms with Gasteiger partial charge in [-0.3, -0.25) is 24.1 Å². The number of carbonyl (C=O) groups is 4. The molecule has 5 aromatic carbocycles. The third kappa shape index (κ3) is 5.61. The summed E-state index contributed by atoms with van der Waals surface area (Å²) in [6, 6.07) is 40.4. The van der Waals surface area contributed by atoms with Crippen molar-refractivity contribution in [2.24, 2.45) is 23.7 Å². The van der Waals surface area contributed by atoms with Crippen LogP contribution in [0.25, 0.3) is 5.57 Å². The fourth-order valence-electron chi connectivity index (χ4n) is 9.66. The number of hydrogen-bond donors (Lipinski definition) is 1. The second-order valence-corrected chi connectivity index (χ2v) is 15.7. The van der Waals surface area contributed by atoms with Gasteiger partial charge in [-0.15, -0.1) is 0 Å². The molecule has 272 valence electrons. The summed E-state index contributed by atoms with van der Waals surface area (Å²) >= 11 is 3.45. The number of carbonyl (C=O) groups excluding carboxylic acids is 4. The Bertz CT molecular complexity index is 2410. The van der Waals surface area contributed by atoms with Gasteiger partial charge in [0, 0.05) is 33.5 Å². The maximum atomic E-state index is 15.3. The first-order chi connectivity index (χ1) is 26.8. The van der Waals surface area contributed by atoms with Crippen molar-refractivity contribution in [3.63, 3.8) is 0 Å². The normalized spacial score (nSPS) is 25.8. The number of anilines is 1. The van der Waals surface area contributed by atoms with Gasteiger partial charge in [0.05, 0.1) is 22.9 Å². The SMILES string of the molecule is O=C1C(c2ccccc2)=CC(=O)[C@@]2(c3ccccc3)[C@@H](c3ccc(OCc4ccccc4)cc3O)C3=CC[C@@H]4C(=O)N(c5ccc(Br)cc5)C(=O)[C@@H]4[C@@H]3C[C@@H]12. The summed E-state index contributed by atoms with van der Waals surface area (Å²) in [5.41, 5.74) is 2.85. The van der Waals surface area contributed by atoms with Gasteiger partial charge in [0.1, 0.15) is 18.1 Å². The zero-order valence-electron chi connectivity index (χ0n) is 29.7. The summed E-state index contributed by atoms with van der Waals surface area (Å²) < 4.78 is 6.91. The van der Waals surface area contributed by atoms with Crippen LogP contribution in [-0.4, -0.2) is 28.5 Å². The van der Waals surface area contributed by atoms with Crippen LogP contribution in [0, 0.1) is 23.7 Å². The molecule has 2 fully saturated rings. The highest BCUT2D eigenvalue weighted by atomic mass is 79.9. The van der Waals surface area contributed by atoms with Gasteiger partial charge in [-0.1, -0.05) is 125 Å². The molecule has 0 bridgehead atoms. The summed E-state index contributed by atoms with van der Waals surface area (Å²) in [5, 5.41) is 12.0. The molecule has 6 atom stereocenters. The molecular weight excluding hydrogens is 754 g/mol. The number of nitrogens with zero attached hydrogens (tertiary/aromatic N) is 1. The molecule has 3 aliphatic carbocycles. The third-order valence-electron chi connectivity index (χ3n) is 12.0. The second-order valence-electron chi connectivity index (χ2n) is 14.8. The highest BCUT2D eigenvalue weighted by Gasteiger charge is 2.66. The number of aromatic hydroxyl groups is 1. The van der Waals surface area contributed by atoms with E-state index >= 15 is 9.59 Å². The Morgan fingerprint density at radius 2 is 1.44 bits per heavy atom. The summed E-state index contributed by atoms with van der Waals surface area (Å²) in [6.45, 7) is 0.292. The third-order valence-corrected chi connectivity index (χ3v) is 12.5. The van der Waals surface area contributed by atoms with Crippen LogP contribution in [0.2, 0.25) is 0 Å². The van der Waals surface area contributed by atoms with E-state index in [0.29, 0.717) is 40.3 Å². The van der Waals surface area contributed by atoms with E-state index in [-0.39, 0.29) is 42.0 Å². The van der Waals surface area contributed by atoms with Crippen LogP contribution >= 0.6 is 15.9 Å². The number of ether oxygens (including phenoxy) is 1. The highest BCUT2D eigenvalue weighted by Crippen LogP contribution is 2.64. The van der Waals surface area contributed by atoms with E-state index in [1.54, 1.807) is 42.5 Å². The first-order valence-electron chi connectivity index (χ1n) is 18.5. The van der Waals surface area contributed by atoms with E-state index < -0.39 is 35.0 Å². The molecule has 0 unspecified atom stereocenters. The molecule has 8 heteroatoms. The van der Waals surface area contributed by atoms with Gasteiger partial charge in [0.15, 0.2) is 11.6 Å². The van der Waals surface area contributed by atoms with Gasteiger partial charge < -0.3 is 9.84 Å². The lowest BCUT2D eigenvalue weighted by atomic mass is 9.44. The predicted molar refractivity (Wildman–Crippen MR) is 212 cm³/mol. The lowest BCUT2D eigenvalue weighted by Gasteiger charge is -2.55. The molecule has 2 amide bonds. The van der Waals surface area contributed by atoms with Crippen LogP contribution in [0.15, 0.2) is 156 Å². The van der Waals surface area contributed by atoms with Gasteiger partial charge in [0.2, 0.25) is 11.8 Å². The Hall–Kier alpha value is -5.86. The van der Waals surface area contributed by atoms with E-state index in [1.807, 2.05) is 97.1 Å². The standard InChI is InChI=1S/C47H36BrNO6/c48-31-16-18-32(19-17-31)49-45(53)36-23-22-34-38(42(36)46(49)54)25-39-44(52)37(29-12-6-2-7-13-29)26-41(51)47(39,30-14-8-3-9-15-30)43(34)35-21-20-33(24-40(35)50)55-27-28-10-4-1-5-11-28/h1-22,24,26,36,38-39,42-43,50H,23,25,27H2/t36-,38+,39-,42-,43+,47-/m0/s1. The molecule has 0 aromatic heterocycles. The zero-order chi connectivity index (χ0) is 37.8. The van der Waals surface area contributed by atoms with Crippen LogP contribution < -0.4 is 9.64 Å². The Balaban J connectivity index is 1.22. The minimum absolute atomic E-state index is 0.0864. The average molecular weight is 791 g/mol. The number of halogens is 1. The largest absolute Gasteiger partial charge is 0.508 e. The number of fused-ring (bicyclic) bond motifs is 4. The molecule has 7 nitrogen and oxygen atoms in total. The average Bonchev–Trinajstić information content (AvgIpc) is 3.48. The summed E-state index contributed by atoms with van der Waals surface area (Å²) in [7, 11) is 0. The van der Waals surface area contributed by atoms with Crippen molar-refractivity contribution in [3.05, 3.63) is 178 Å². The fraction of sp³-hybridized carbons (Fsp3) is 0.191. The van der Waals surface area contributed by atoms with Gasteiger partial charge in [0.25, 0.3) is 0 Å². The molecule has 1 N–H and O–H groups in total. The molecular formula is C47H36BrNO6. The first-order valence-corrected chi connectivity index (χ1v) is 19.3. The molecule has 1 heterocycles. The van der Waals surface area contributed by atoms with Gasteiger partial charge in [-0.25, -0.2) is 0 Å². The number of phenols is 1. The van der Waals surface area contributed by atoms with Crippen molar-refractivity contribution in [1.29, 1.82) is 0 Å². The van der Waals surface area contributed by atoms with Crippen molar-refractivity contribution in [2.45, 2.75) is 30.8 Å². The molecule has 5 aromatic rings. The molecule has 1 saturated carbocycles. The van der Waals surface area contributed by atoms with Crippen LogP contribution in [0.4, 0.5) is 5.69 Å². The van der Waals surface area contributed by atoms with Crippen molar-refractivity contribution >= 4 is 50.6 Å². The number of allylic oxidation sites excluding steroid dienone is 4. The molecule has 9 rings (SSSR count). The van der Waals surface area contributed by atoms with Crippen molar-refractivity contribution < 1.29 is 29.0 Å². The monoisotopic (exact) mass is 789 g/mol. The van der Waals surface area contributed by atoms with E-state index in [4.69, 9.17) is 4.74 Å². The van der Waals surface area contributed by atoms with Crippen LogP contribution in [0.3, 0.4) is 0 Å². The fourth-order valence-corrected chi connectivity index (χ4v) is 9.93. The van der Waals surface area contributed by atoms with E-state index in [9.17, 15) is 14.7 Å². The summed E-state index contributed by atoms with van der Waals surface area (Å²) in [6.07, 6.45) is 3.95. The van der Waals surface area contributed by atoms with Crippen LogP contribution in [0.5, 0.6) is 11.5 Å². The number of phenolic OH excluding ortho intramolecular Hbond substituents is 1. The Kier molecular flexibility index (Phi) is 8.73. The highest BCUT2D eigenvalue weighted by molar-refractivity contribution is 9.10. The zero-order valence-corrected chi connectivity index (χ0v) is 31.3. The quantitative estimate of drug-likeness (QED) is 0.131. The van der Waals surface area contributed by atoms with Crippen LogP contribution in [0.1, 0.15) is 41.0 Å². The Morgan fingerprint density at radius 1 is 0.764 bits per heavy atom. The van der Waals surface area contributed by atoms with Gasteiger partial charge in [-0.05, 0) is 71.9 Å². The minimum Gasteiger partial charge on any atom is -0.508 e. The molecule has 1 aliphatic heterocycles. The number of benzene rings is 5. The lowest BCUT2D eigenvalue weighted by molar-refractivity contribution is -0.135. The molecule has 0 radical (unpaired) electrons. The maximum absolute atomic E-state index is 15.3. The van der Waals surface area contributed by atoms with Gasteiger partial charge in [-0.2, -0.15) is 0 Å². The molecule has 0 spiro atoms. The van der Waals surface area contributed by atoms with E-state index in [2.05, 4.69) is 15.9 Å². The molecule has 1 saturated heterocycles. The van der Waals surface area contributed by atoms with Crippen molar-refractivity contribution in [2.75, 3.05) is 4.90 Å². The molecule has 4 aliphatic rings. The lowest BCUT2D eigenvalue weighted by Crippen LogP contribution is -2.58. The summed E-state index contributed by atoms with van der Waals surface area (Å²) in [5.74, 6) is -4.37. The van der Waals surface area contributed by atoms with E-state index in [0.717, 1.165) is 15.6 Å². The first kappa shape index (κ1) is 34.9. The summed E-state index contributed by atoms with van der Waals surface area (Å²) in [4.78, 5) is 60.5. The number of hydrogen-bond acceptors (Lipinski definition) is 6. The van der Waals surface area contributed by atoms with Crippen molar-refractivity contribution in [3.8, 4) is 11.5 Å². The molecule has 55 heavy (non-hydrogen) atoms. The Labute approximate surface area is 327 Å². The van der Waals surface area contributed by atoms with Crippen LogP contribution in [-0.2, 0) is 31.2 Å². The number of amides is 2. The van der Waals surface area contributed by atoms with Gasteiger partial charge >= 0.3 is 0 Å². The Morgan fingerprint density at radius 3 is 2.13 bits per heavy atom. The topological polar surface area (TPSA) is 101 Å². The predicted octanol–water partition coefficient (Wildman–Crippen LogP) is 8.76. The number of imide groups is 1. The number of Topliss-reactive ketones (excluding diaryl/α,β-unsaturated/α-hetero) is 1. The minimum atomic E-state index is -1.45. The van der Waals surface area contributed by atoms with Crippen molar-refractivity contribution in [1.82, 2.24) is 0 Å². The number of rotatable bonds is 7. The van der Waals surface area contributed by atoms with E-state index in [1.165, 1.54) is 11.0 Å². The second kappa shape index (κ2) is 13.8. The number of ketones is 2.